The van der Waals surface area contributed by atoms with E-state index in [0.29, 0.717) is 23.8 Å². The molecule has 0 saturated heterocycles. The highest BCUT2D eigenvalue weighted by atomic mass is 32.1. The highest BCUT2D eigenvalue weighted by Crippen LogP contribution is 1.93. The highest BCUT2D eigenvalue weighted by Gasteiger charge is 1.95. The lowest BCUT2D eigenvalue weighted by molar-refractivity contribution is 0.102. The Labute approximate surface area is 93.9 Å². The second kappa shape index (κ2) is 5.82. The minimum atomic E-state index is -0.167. The summed E-state index contributed by atoms with van der Waals surface area (Å²) in [5.41, 5.74) is -0.167. The first kappa shape index (κ1) is 12.1. The van der Waals surface area contributed by atoms with Crippen LogP contribution >= 0.6 is 12.2 Å². The van der Waals surface area contributed by atoms with Gasteiger partial charge in [-0.25, -0.2) is 0 Å². The number of rotatable bonds is 5. The molecule has 0 atom stereocenters. The third-order valence-corrected chi connectivity index (χ3v) is 2.16. The van der Waals surface area contributed by atoms with E-state index in [1.54, 1.807) is 10.8 Å². The van der Waals surface area contributed by atoms with Crippen LogP contribution in [0.3, 0.4) is 0 Å². The van der Waals surface area contributed by atoms with Gasteiger partial charge in [0.2, 0.25) is 0 Å². The summed E-state index contributed by atoms with van der Waals surface area (Å²) in [6, 6.07) is 1.46. The summed E-state index contributed by atoms with van der Waals surface area (Å²) in [4.78, 5) is 13.5. The molecule has 15 heavy (non-hydrogen) atoms. The average Bonchev–Trinajstić information content (AvgIpc) is 2.14. The standard InChI is InChI=1S/C10H16N2O2S/c1-8(2)7-14-6-5-12-4-3-9(13)11-10(12)15/h3-4,8H,5-7H2,1-2H3,(H,11,13,15). The fourth-order valence-corrected chi connectivity index (χ4v) is 1.35. The first-order valence-electron chi connectivity index (χ1n) is 4.97. The Balaban J connectivity index is 2.45. The molecular formula is C10H16N2O2S. The summed E-state index contributed by atoms with van der Waals surface area (Å²) >= 11 is 4.99. The van der Waals surface area contributed by atoms with Crippen LogP contribution in [0.25, 0.3) is 0 Å². The van der Waals surface area contributed by atoms with Crippen LogP contribution in [0.5, 0.6) is 0 Å². The molecule has 0 spiro atoms. The topological polar surface area (TPSA) is 47.0 Å². The molecule has 0 aliphatic heterocycles. The number of H-pyrrole nitrogens is 1. The first-order chi connectivity index (χ1) is 7.09. The number of hydrogen-bond acceptors (Lipinski definition) is 3. The Morgan fingerprint density at radius 2 is 2.33 bits per heavy atom. The fourth-order valence-electron chi connectivity index (χ4n) is 1.10. The molecule has 0 aromatic carbocycles. The number of nitrogens with zero attached hydrogens (tertiary/aromatic N) is 1. The van der Waals surface area contributed by atoms with Crippen molar-refractivity contribution >= 4 is 12.2 Å². The van der Waals surface area contributed by atoms with E-state index in [1.165, 1.54) is 6.07 Å². The van der Waals surface area contributed by atoms with Crippen molar-refractivity contribution in [3.63, 3.8) is 0 Å². The molecule has 0 fully saturated rings. The molecular weight excluding hydrogens is 212 g/mol. The van der Waals surface area contributed by atoms with Gasteiger partial charge in [-0.2, -0.15) is 0 Å². The molecule has 0 aliphatic carbocycles. The number of aromatic nitrogens is 2. The Morgan fingerprint density at radius 1 is 1.60 bits per heavy atom. The van der Waals surface area contributed by atoms with E-state index in [0.717, 1.165) is 6.61 Å². The van der Waals surface area contributed by atoms with Crippen LogP contribution in [0, 0.1) is 10.7 Å². The molecule has 0 bridgehead atoms. The van der Waals surface area contributed by atoms with E-state index in [1.807, 2.05) is 0 Å². The zero-order chi connectivity index (χ0) is 11.3. The van der Waals surface area contributed by atoms with Gasteiger partial charge in [-0.1, -0.05) is 13.8 Å². The van der Waals surface area contributed by atoms with Crippen LogP contribution in [0.1, 0.15) is 13.8 Å². The zero-order valence-corrected chi connectivity index (χ0v) is 9.84. The maximum Gasteiger partial charge on any atom is 0.251 e. The van der Waals surface area contributed by atoms with Crippen LogP contribution in [-0.2, 0) is 11.3 Å². The number of nitrogens with one attached hydrogen (secondary N) is 1. The molecule has 1 aromatic heterocycles. The molecule has 1 rings (SSSR count). The van der Waals surface area contributed by atoms with Crippen molar-refractivity contribution in [2.45, 2.75) is 20.4 Å². The maximum atomic E-state index is 10.9. The van der Waals surface area contributed by atoms with Crippen LogP contribution in [0.2, 0.25) is 0 Å². The largest absolute Gasteiger partial charge is 0.379 e. The molecule has 0 amide bonds. The lowest BCUT2D eigenvalue weighted by Crippen LogP contribution is -2.14. The number of aromatic amines is 1. The minimum Gasteiger partial charge on any atom is -0.379 e. The molecule has 0 saturated carbocycles. The van der Waals surface area contributed by atoms with Gasteiger partial charge < -0.3 is 9.30 Å². The number of hydrogen-bond donors (Lipinski definition) is 1. The van der Waals surface area contributed by atoms with Crippen molar-refractivity contribution in [3.8, 4) is 0 Å². The third-order valence-electron chi connectivity index (χ3n) is 1.82. The SMILES string of the molecule is CC(C)COCCn1ccc(=O)[nH]c1=S. The first-order valence-corrected chi connectivity index (χ1v) is 5.38. The van der Waals surface area contributed by atoms with Gasteiger partial charge in [0.1, 0.15) is 0 Å². The lowest BCUT2D eigenvalue weighted by atomic mass is 10.2. The van der Waals surface area contributed by atoms with Crippen molar-refractivity contribution in [3.05, 3.63) is 27.4 Å². The molecule has 5 heteroatoms. The summed E-state index contributed by atoms with van der Waals surface area (Å²) < 4.78 is 7.65. The van der Waals surface area contributed by atoms with Gasteiger partial charge in [0, 0.05) is 25.4 Å². The monoisotopic (exact) mass is 228 g/mol. The Morgan fingerprint density at radius 3 is 2.93 bits per heavy atom. The van der Waals surface area contributed by atoms with Crippen molar-refractivity contribution in [1.82, 2.24) is 9.55 Å². The zero-order valence-electron chi connectivity index (χ0n) is 9.03. The molecule has 1 N–H and O–H groups in total. The van der Waals surface area contributed by atoms with Gasteiger partial charge in [0.15, 0.2) is 4.77 Å². The molecule has 0 radical (unpaired) electrons. The Hall–Kier alpha value is -0.940. The van der Waals surface area contributed by atoms with Crippen molar-refractivity contribution < 1.29 is 4.74 Å². The summed E-state index contributed by atoms with van der Waals surface area (Å²) in [6.45, 7) is 6.23. The second-order valence-corrected chi connectivity index (χ2v) is 4.16. The van der Waals surface area contributed by atoms with Gasteiger partial charge in [-0.3, -0.25) is 9.78 Å². The summed E-state index contributed by atoms with van der Waals surface area (Å²) in [5.74, 6) is 0.536. The molecule has 0 aliphatic rings. The van der Waals surface area contributed by atoms with E-state index in [2.05, 4.69) is 18.8 Å². The Bertz CT molecular complexity index is 408. The van der Waals surface area contributed by atoms with Crippen LogP contribution in [0.4, 0.5) is 0 Å². The van der Waals surface area contributed by atoms with Crippen LogP contribution in [-0.4, -0.2) is 22.8 Å². The van der Waals surface area contributed by atoms with E-state index < -0.39 is 0 Å². The van der Waals surface area contributed by atoms with Crippen LogP contribution < -0.4 is 5.56 Å². The molecule has 84 valence electrons. The van der Waals surface area contributed by atoms with Gasteiger partial charge in [0.25, 0.3) is 5.56 Å². The second-order valence-electron chi connectivity index (χ2n) is 3.77. The quantitative estimate of drug-likeness (QED) is 0.615. The van der Waals surface area contributed by atoms with Crippen molar-refractivity contribution in [2.75, 3.05) is 13.2 Å². The smallest absolute Gasteiger partial charge is 0.251 e. The molecule has 4 nitrogen and oxygen atoms in total. The summed E-state index contributed by atoms with van der Waals surface area (Å²) in [6.07, 6.45) is 1.68. The lowest BCUT2D eigenvalue weighted by Gasteiger charge is -2.08. The fraction of sp³-hybridized carbons (Fsp3) is 0.600. The predicted octanol–water partition coefficient (Wildman–Crippen LogP) is 1.58. The van der Waals surface area contributed by atoms with Crippen LogP contribution in [0.15, 0.2) is 17.1 Å². The van der Waals surface area contributed by atoms with Gasteiger partial charge in [-0.15, -0.1) is 0 Å². The minimum absolute atomic E-state index is 0.167. The van der Waals surface area contributed by atoms with Gasteiger partial charge in [-0.05, 0) is 18.1 Å². The highest BCUT2D eigenvalue weighted by molar-refractivity contribution is 7.71. The molecule has 0 unspecified atom stereocenters. The number of ether oxygens (including phenoxy) is 1. The summed E-state index contributed by atoms with van der Waals surface area (Å²) in [5, 5.41) is 0. The summed E-state index contributed by atoms with van der Waals surface area (Å²) in [7, 11) is 0. The maximum absolute atomic E-state index is 10.9. The third kappa shape index (κ3) is 4.40. The molecule has 1 heterocycles. The van der Waals surface area contributed by atoms with Gasteiger partial charge >= 0.3 is 0 Å². The predicted molar refractivity (Wildman–Crippen MR) is 61.5 cm³/mol. The average molecular weight is 228 g/mol. The van der Waals surface area contributed by atoms with E-state index in [-0.39, 0.29) is 5.56 Å². The van der Waals surface area contributed by atoms with E-state index in [4.69, 9.17) is 17.0 Å². The van der Waals surface area contributed by atoms with E-state index in [9.17, 15) is 4.79 Å². The molecule has 1 aromatic rings. The van der Waals surface area contributed by atoms with Crippen molar-refractivity contribution in [2.24, 2.45) is 5.92 Å². The van der Waals surface area contributed by atoms with Gasteiger partial charge in [0.05, 0.1) is 6.61 Å². The normalized spacial score (nSPS) is 10.9. The van der Waals surface area contributed by atoms with E-state index >= 15 is 0 Å². The Kier molecular flexibility index (Phi) is 4.71. The van der Waals surface area contributed by atoms with Crippen molar-refractivity contribution in [1.29, 1.82) is 0 Å².